The highest BCUT2D eigenvalue weighted by Gasteiger charge is 2.30. The summed E-state index contributed by atoms with van der Waals surface area (Å²) in [5.74, 6) is 0. The lowest BCUT2D eigenvalue weighted by molar-refractivity contribution is 0.141. The summed E-state index contributed by atoms with van der Waals surface area (Å²) in [4.78, 5) is 6.63. The van der Waals surface area contributed by atoms with Gasteiger partial charge >= 0.3 is 0 Å². The first kappa shape index (κ1) is 13.1. The van der Waals surface area contributed by atoms with Crippen molar-refractivity contribution in [2.24, 2.45) is 0 Å². The Morgan fingerprint density at radius 3 is 2.50 bits per heavy atom. The van der Waals surface area contributed by atoms with Crippen molar-refractivity contribution in [3.63, 3.8) is 0 Å². The maximum Gasteiger partial charge on any atom is 0.0419 e. The van der Waals surface area contributed by atoms with E-state index in [1.54, 1.807) is 0 Å². The minimum absolute atomic E-state index is 0.103. The summed E-state index contributed by atoms with van der Waals surface area (Å²) in [5, 5.41) is 3.39. The molecule has 1 unspecified atom stereocenters. The quantitative estimate of drug-likeness (QED) is 0.817. The number of aromatic nitrogens is 1. The van der Waals surface area contributed by atoms with E-state index in [-0.39, 0.29) is 5.54 Å². The van der Waals surface area contributed by atoms with Gasteiger partial charge in [0.1, 0.15) is 0 Å². The second kappa shape index (κ2) is 5.41. The molecule has 3 nitrogen and oxygen atoms in total. The van der Waals surface area contributed by atoms with Gasteiger partial charge in [0.25, 0.3) is 0 Å². The summed E-state index contributed by atoms with van der Waals surface area (Å²) < 4.78 is 0. The van der Waals surface area contributed by atoms with Crippen molar-refractivity contribution in [1.29, 1.82) is 0 Å². The molecule has 1 N–H and O–H groups in total. The van der Waals surface area contributed by atoms with Gasteiger partial charge in [-0.2, -0.15) is 0 Å². The summed E-state index contributed by atoms with van der Waals surface area (Å²) in [5.41, 5.74) is 1.24. The molecule has 0 aliphatic carbocycles. The van der Waals surface area contributed by atoms with E-state index in [0.717, 1.165) is 12.1 Å². The predicted octanol–water partition coefficient (Wildman–Crippen LogP) is 1.55. The van der Waals surface area contributed by atoms with Gasteiger partial charge in [-0.3, -0.25) is 4.98 Å². The van der Waals surface area contributed by atoms with Crippen molar-refractivity contribution in [2.75, 3.05) is 21.1 Å². The van der Waals surface area contributed by atoms with E-state index >= 15 is 0 Å². The fourth-order valence-electron chi connectivity index (χ4n) is 1.74. The highest BCUT2D eigenvalue weighted by Crippen LogP contribution is 2.18. The molecule has 0 saturated heterocycles. The smallest absolute Gasteiger partial charge is 0.0419 e. The molecule has 1 aromatic rings. The van der Waals surface area contributed by atoms with Crippen LogP contribution in [0.1, 0.15) is 19.5 Å². The Morgan fingerprint density at radius 2 is 2.06 bits per heavy atom. The lowest BCUT2D eigenvalue weighted by Gasteiger charge is -2.40. The minimum Gasteiger partial charge on any atom is -0.315 e. The monoisotopic (exact) mass is 221 g/mol. The number of rotatable bonds is 5. The third kappa shape index (κ3) is 3.03. The Balaban J connectivity index is 2.77. The Bertz CT molecular complexity index is 306. The van der Waals surface area contributed by atoms with Crippen LogP contribution < -0.4 is 5.32 Å². The van der Waals surface area contributed by atoms with E-state index in [2.05, 4.69) is 49.2 Å². The minimum atomic E-state index is 0.103. The molecule has 0 bridgehead atoms. The Kier molecular flexibility index (Phi) is 4.44. The molecule has 90 valence electrons. The predicted molar refractivity (Wildman–Crippen MR) is 68.6 cm³/mol. The fraction of sp³-hybridized carbons (Fsp3) is 0.615. The van der Waals surface area contributed by atoms with E-state index in [9.17, 15) is 0 Å². The molecule has 1 aromatic heterocycles. The van der Waals surface area contributed by atoms with Gasteiger partial charge in [-0.1, -0.05) is 6.07 Å². The summed E-state index contributed by atoms with van der Waals surface area (Å²) in [6.45, 7) is 4.49. The van der Waals surface area contributed by atoms with Crippen LogP contribution in [0.2, 0.25) is 0 Å². The molecule has 3 heteroatoms. The first-order chi connectivity index (χ1) is 7.48. The van der Waals surface area contributed by atoms with Crippen LogP contribution in [0.3, 0.4) is 0 Å². The van der Waals surface area contributed by atoms with Crippen LogP contribution in [0.25, 0.3) is 0 Å². The summed E-state index contributed by atoms with van der Waals surface area (Å²) in [6, 6.07) is 6.46. The molecule has 0 aliphatic rings. The van der Waals surface area contributed by atoms with Crippen molar-refractivity contribution in [1.82, 2.24) is 15.2 Å². The Morgan fingerprint density at radius 1 is 1.38 bits per heavy atom. The molecule has 0 radical (unpaired) electrons. The molecule has 1 rings (SSSR count). The van der Waals surface area contributed by atoms with E-state index in [0.29, 0.717) is 6.04 Å². The van der Waals surface area contributed by atoms with Crippen LogP contribution in [0.15, 0.2) is 24.4 Å². The molecule has 16 heavy (non-hydrogen) atoms. The zero-order valence-electron chi connectivity index (χ0n) is 11.0. The molecule has 0 fully saturated rings. The van der Waals surface area contributed by atoms with Crippen LogP contribution >= 0.6 is 0 Å². The molecule has 0 amide bonds. The summed E-state index contributed by atoms with van der Waals surface area (Å²) in [6.07, 6.45) is 2.80. The normalized spacial score (nSPS) is 14.1. The maximum absolute atomic E-state index is 4.38. The number of nitrogens with zero attached hydrogens (tertiary/aromatic N) is 2. The van der Waals surface area contributed by atoms with E-state index in [4.69, 9.17) is 0 Å². The lowest BCUT2D eigenvalue weighted by Crippen LogP contribution is -2.55. The molecule has 1 heterocycles. The Labute approximate surface area is 98.9 Å². The van der Waals surface area contributed by atoms with Crippen LogP contribution in [-0.4, -0.2) is 42.6 Å². The van der Waals surface area contributed by atoms with Crippen molar-refractivity contribution < 1.29 is 0 Å². The van der Waals surface area contributed by atoms with Crippen molar-refractivity contribution in [2.45, 2.75) is 31.8 Å². The van der Waals surface area contributed by atoms with Gasteiger partial charge in [0.15, 0.2) is 0 Å². The average Bonchev–Trinajstić information content (AvgIpc) is 2.26. The van der Waals surface area contributed by atoms with Crippen LogP contribution in [-0.2, 0) is 6.42 Å². The number of hydrogen-bond donors (Lipinski definition) is 1. The number of nitrogens with one attached hydrogen (secondary N) is 1. The number of pyridine rings is 1. The molecule has 1 atom stereocenters. The summed E-state index contributed by atoms with van der Waals surface area (Å²) in [7, 11) is 6.24. The molecular weight excluding hydrogens is 198 g/mol. The van der Waals surface area contributed by atoms with E-state index < -0.39 is 0 Å². The highest BCUT2D eigenvalue weighted by molar-refractivity contribution is 5.08. The van der Waals surface area contributed by atoms with E-state index in [1.807, 2.05) is 25.4 Å². The van der Waals surface area contributed by atoms with Gasteiger partial charge < -0.3 is 10.2 Å². The van der Waals surface area contributed by atoms with Crippen molar-refractivity contribution in [3.8, 4) is 0 Å². The first-order valence-corrected chi connectivity index (χ1v) is 5.73. The zero-order chi connectivity index (χ0) is 12.2. The molecule has 0 aliphatic heterocycles. The highest BCUT2D eigenvalue weighted by atomic mass is 15.2. The average molecular weight is 221 g/mol. The molecular formula is C13H23N3. The SMILES string of the molecule is CNC(Cc1ccccn1)C(C)(C)N(C)C. The number of hydrogen-bond acceptors (Lipinski definition) is 3. The second-order valence-corrected chi connectivity index (χ2v) is 4.91. The van der Waals surface area contributed by atoms with Crippen LogP contribution in [0.4, 0.5) is 0 Å². The van der Waals surface area contributed by atoms with Crippen LogP contribution in [0.5, 0.6) is 0 Å². The fourth-order valence-corrected chi connectivity index (χ4v) is 1.74. The van der Waals surface area contributed by atoms with Crippen LogP contribution in [0, 0.1) is 0 Å². The van der Waals surface area contributed by atoms with Gasteiger partial charge in [-0.15, -0.1) is 0 Å². The van der Waals surface area contributed by atoms with Crippen molar-refractivity contribution >= 4 is 0 Å². The Hall–Kier alpha value is -0.930. The van der Waals surface area contributed by atoms with E-state index in [1.165, 1.54) is 0 Å². The number of likely N-dealkylation sites (N-methyl/N-ethyl adjacent to an activating group) is 2. The summed E-state index contributed by atoms with van der Waals surface area (Å²) >= 11 is 0. The lowest BCUT2D eigenvalue weighted by atomic mass is 9.89. The molecule has 0 aromatic carbocycles. The standard InChI is InChI=1S/C13H23N3/c1-13(2,16(4)5)12(14-3)10-11-8-6-7-9-15-11/h6-9,12,14H,10H2,1-5H3. The molecule has 0 spiro atoms. The third-order valence-electron chi connectivity index (χ3n) is 3.49. The zero-order valence-corrected chi connectivity index (χ0v) is 11.0. The molecule has 0 saturated carbocycles. The van der Waals surface area contributed by atoms with Gasteiger partial charge in [0.2, 0.25) is 0 Å². The van der Waals surface area contributed by atoms with Crippen molar-refractivity contribution in [3.05, 3.63) is 30.1 Å². The second-order valence-electron chi connectivity index (χ2n) is 4.91. The first-order valence-electron chi connectivity index (χ1n) is 5.73. The topological polar surface area (TPSA) is 28.2 Å². The van der Waals surface area contributed by atoms with Gasteiger partial charge in [-0.05, 0) is 47.1 Å². The maximum atomic E-state index is 4.38. The van der Waals surface area contributed by atoms with Gasteiger partial charge in [-0.25, -0.2) is 0 Å². The van der Waals surface area contributed by atoms with Gasteiger partial charge in [0.05, 0.1) is 0 Å². The largest absolute Gasteiger partial charge is 0.315 e. The van der Waals surface area contributed by atoms with Gasteiger partial charge in [0, 0.05) is 29.9 Å². The third-order valence-corrected chi connectivity index (χ3v) is 3.49.